The van der Waals surface area contributed by atoms with Gasteiger partial charge in [0.15, 0.2) is 0 Å². The van der Waals surface area contributed by atoms with Gasteiger partial charge in [-0.1, -0.05) is 121 Å². The smallest absolute Gasteiger partial charge is 0.0396 e. The maximum Gasteiger partial charge on any atom is 0.0396 e. The molecule has 1 nitrogen and oxygen atoms in total. The monoisotopic (exact) mass is 497 g/mol. The normalized spacial score (nSPS) is 11.1. The largest absolute Gasteiger partial charge is 0.355 e. The molecule has 7 aromatic rings. The molecule has 0 aromatic heterocycles. The van der Waals surface area contributed by atoms with E-state index in [9.17, 15) is 0 Å². The fourth-order valence-electron chi connectivity index (χ4n) is 5.44. The molecule has 0 amide bonds. The van der Waals surface area contributed by atoms with Crippen LogP contribution in [0.15, 0.2) is 158 Å². The lowest BCUT2D eigenvalue weighted by molar-refractivity contribution is 1.53. The van der Waals surface area contributed by atoms with Crippen LogP contribution < -0.4 is 5.32 Å². The zero-order valence-electron chi connectivity index (χ0n) is 21.5. The minimum atomic E-state index is 1.06. The molecule has 0 bridgehead atoms. The summed E-state index contributed by atoms with van der Waals surface area (Å²) in [6.45, 7) is 0. The van der Waals surface area contributed by atoms with E-state index in [0.29, 0.717) is 0 Å². The lowest BCUT2D eigenvalue weighted by atomic mass is 9.94. The van der Waals surface area contributed by atoms with Crippen molar-refractivity contribution in [3.63, 3.8) is 0 Å². The highest BCUT2D eigenvalue weighted by Crippen LogP contribution is 2.36. The van der Waals surface area contributed by atoms with Crippen LogP contribution in [0.4, 0.5) is 11.4 Å². The summed E-state index contributed by atoms with van der Waals surface area (Å²) in [5, 5.41) is 8.74. The number of anilines is 2. The summed E-state index contributed by atoms with van der Waals surface area (Å²) in [4.78, 5) is 0. The summed E-state index contributed by atoms with van der Waals surface area (Å²) < 4.78 is 0. The second kappa shape index (κ2) is 9.96. The van der Waals surface area contributed by atoms with Crippen LogP contribution in [-0.4, -0.2) is 0 Å². The predicted molar refractivity (Wildman–Crippen MR) is 167 cm³/mol. The van der Waals surface area contributed by atoms with Crippen molar-refractivity contribution in [1.82, 2.24) is 0 Å². The number of hydrogen-bond donors (Lipinski definition) is 1. The number of benzene rings is 7. The molecule has 0 unspecified atom stereocenters. The zero-order chi connectivity index (χ0) is 26.0. The Hall–Kier alpha value is -5.14. The third-order valence-corrected chi connectivity index (χ3v) is 7.37. The van der Waals surface area contributed by atoms with Gasteiger partial charge in [-0.05, 0) is 91.3 Å². The van der Waals surface area contributed by atoms with E-state index in [1.165, 1.54) is 54.9 Å². The predicted octanol–water partition coefficient (Wildman–Crippen LogP) is 10.7. The Bertz CT molecular complexity index is 1930. The second-order valence-corrected chi connectivity index (χ2v) is 9.96. The summed E-state index contributed by atoms with van der Waals surface area (Å²) in [7, 11) is 0. The average Bonchev–Trinajstić information content (AvgIpc) is 3.01. The molecular formula is C38H27N. The van der Waals surface area contributed by atoms with Gasteiger partial charge in [0.05, 0.1) is 0 Å². The molecule has 0 aliphatic heterocycles. The maximum atomic E-state index is 3.72. The molecule has 0 spiro atoms. The van der Waals surface area contributed by atoms with Crippen LogP contribution in [0.25, 0.3) is 54.9 Å². The van der Waals surface area contributed by atoms with Crippen molar-refractivity contribution < 1.29 is 0 Å². The fourth-order valence-corrected chi connectivity index (χ4v) is 5.44. The van der Waals surface area contributed by atoms with Crippen LogP contribution in [0.2, 0.25) is 0 Å². The van der Waals surface area contributed by atoms with Crippen LogP contribution in [0.3, 0.4) is 0 Å². The Labute approximate surface area is 229 Å². The standard InChI is InChI=1S/C38H27N/c1-2-10-27(11-3-1)33-23-34(38-19-9-15-29-13-6-7-18-37(29)38)26-36(25-33)39-35-17-8-16-31(24-35)32-21-20-28-12-4-5-14-30(28)22-32/h1-26,39H. The number of nitrogens with one attached hydrogen (secondary N) is 1. The van der Waals surface area contributed by atoms with E-state index in [1.54, 1.807) is 0 Å². The molecular weight excluding hydrogens is 470 g/mol. The van der Waals surface area contributed by atoms with Crippen molar-refractivity contribution in [1.29, 1.82) is 0 Å². The number of rotatable bonds is 5. The Balaban J connectivity index is 1.31. The van der Waals surface area contributed by atoms with Crippen LogP contribution >= 0.6 is 0 Å². The molecule has 0 heterocycles. The van der Waals surface area contributed by atoms with Gasteiger partial charge in [-0.3, -0.25) is 0 Å². The molecule has 184 valence electrons. The lowest BCUT2D eigenvalue weighted by Gasteiger charge is -2.15. The minimum Gasteiger partial charge on any atom is -0.355 e. The minimum absolute atomic E-state index is 1.06. The van der Waals surface area contributed by atoms with Gasteiger partial charge in [-0.15, -0.1) is 0 Å². The number of hydrogen-bond acceptors (Lipinski definition) is 1. The van der Waals surface area contributed by atoms with E-state index in [4.69, 9.17) is 0 Å². The van der Waals surface area contributed by atoms with Crippen LogP contribution in [-0.2, 0) is 0 Å². The Morgan fingerprint density at radius 1 is 0.308 bits per heavy atom. The maximum absolute atomic E-state index is 3.72. The average molecular weight is 498 g/mol. The van der Waals surface area contributed by atoms with E-state index in [-0.39, 0.29) is 0 Å². The quantitative estimate of drug-likeness (QED) is 0.249. The molecule has 7 aromatic carbocycles. The molecule has 0 fully saturated rings. The van der Waals surface area contributed by atoms with Crippen molar-refractivity contribution in [3.8, 4) is 33.4 Å². The molecule has 0 saturated carbocycles. The van der Waals surface area contributed by atoms with E-state index in [2.05, 4.69) is 163 Å². The van der Waals surface area contributed by atoms with Crippen molar-refractivity contribution in [2.24, 2.45) is 0 Å². The molecule has 0 aliphatic rings. The van der Waals surface area contributed by atoms with Gasteiger partial charge in [0.1, 0.15) is 0 Å². The van der Waals surface area contributed by atoms with Crippen LogP contribution in [0.5, 0.6) is 0 Å². The van der Waals surface area contributed by atoms with E-state index in [1.807, 2.05) is 0 Å². The first-order chi connectivity index (χ1) is 19.3. The first-order valence-corrected chi connectivity index (χ1v) is 13.4. The van der Waals surface area contributed by atoms with Crippen molar-refractivity contribution in [2.45, 2.75) is 0 Å². The van der Waals surface area contributed by atoms with Crippen LogP contribution in [0, 0.1) is 0 Å². The zero-order valence-corrected chi connectivity index (χ0v) is 21.5. The topological polar surface area (TPSA) is 12.0 Å². The number of fused-ring (bicyclic) bond motifs is 2. The fraction of sp³-hybridized carbons (Fsp3) is 0. The highest BCUT2D eigenvalue weighted by atomic mass is 14.9. The summed E-state index contributed by atoms with van der Waals surface area (Å²) >= 11 is 0. The molecule has 0 saturated heterocycles. The summed E-state index contributed by atoms with van der Waals surface area (Å²) in [6.07, 6.45) is 0. The van der Waals surface area contributed by atoms with Crippen LogP contribution in [0.1, 0.15) is 0 Å². The molecule has 0 atom stereocenters. The molecule has 0 radical (unpaired) electrons. The van der Waals surface area contributed by atoms with Gasteiger partial charge >= 0.3 is 0 Å². The highest BCUT2D eigenvalue weighted by Gasteiger charge is 2.09. The van der Waals surface area contributed by atoms with Gasteiger partial charge in [0.2, 0.25) is 0 Å². The molecule has 0 aliphatic carbocycles. The SMILES string of the molecule is c1ccc(-c2cc(Nc3cccc(-c4ccc5ccccc5c4)c3)cc(-c3cccc4ccccc34)c2)cc1. The van der Waals surface area contributed by atoms with Gasteiger partial charge < -0.3 is 5.32 Å². The van der Waals surface area contributed by atoms with Crippen molar-refractivity contribution >= 4 is 32.9 Å². The molecule has 39 heavy (non-hydrogen) atoms. The third-order valence-electron chi connectivity index (χ3n) is 7.37. The highest BCUT2D eigenvalue weighted by molar-refractivity contribution is 5.98. The first kappa shape index (κ1) is 23.0. The van der Waals surface area contributed by atoms with Gasteiger partial charge in [-0.2, -0.15) is 0 Å². The second-order valence-electron chi connectivity index (χ2n) is 9.96. The Morgan fingerprint density at radius 2 is 0.949 bits per heavy atom. The molecule has 7 rings (SSSR count). The van der Waals surface area contributed by atoms with Crippen molar-refractivity contribution in [3.05, 3.63) is 158 Å². The summed E-state index contributed by atoms with van der Waals surface area (Å²) in [5.41, 5.74) is 9.36. The molecule has 1 heteroatoms. The summed E-state index contributed by atoms with van der Waals surface area (Å²) in [6, 6.07) is 56.4. The Morgan fingerprint density at radius 3 is 1.85 bits per heavy atom. The first-order valence-electron chi connectivity index (χ1n) is 13.4. The molecule has 1 N–H and O–H groups in total. The van der Waals surface area contributed by atoms with Gasteiger partial charge in [0, 0.05) is 11.4 Å². The van der Waals surface area contributed by atoms with E-state index in [0.717, 1.165) is 11.4 Å². The van der Waals surface area contributed by atoms with Crippen molar-refractivity contribution in [2.75, 3.05) is 5.32 Å². The third kappa shape index (κ3) is 4.67. The lowest BCUT2D eigenvalue weighted by Crippen LogP contribution is -1.93. The van der Waals surface area contributed by atoms with Gasteiger partial charge in [0.25, 0.3) is 0 Å². The van der Waals surface area contributed by atoms with E-state index < -0.39 is 0 Å². The Kier molecular flexibility index (Phi) is 5.88. The van der Waals surface area contributed by atoms with Gasteiger partial charge in [-0.25, -0.2) is 0 Å². The van der Waals surface area contributed by atoms with E-state index >= 15 is 0 Å². The summed E-state index contributed by atoms with van der Waals surface area (Å²) in [5.74, 6) is 0.